The zero-order valence-electron chi connectivity index (χ0n) is 11.5. The molecule has 2 aromatic rings. The highest BCUT2D eigenvalue weighted by atomic mass is 16.3. The van der Waals surface area contributed by atoms with Gasteiger partial charge in [-0.15, -0.1) is 0 Å². The van der Waals surface area contributed by atoms with Crippen LogP contribution in [0.2, 0.25) is 0 Å². The third kappa shape index (κ3) is 3.23. The van der Waals surface area contributed by atoms with Crippen molar-refractivity contribution in [3.05, 3.63) is 41.1 Å². The molecule has 0 aromatic carbocycles. The van der Waals surface area contributed by atoms with Crippen molar-refractivity contribution in [2.24, 2.45) is 0 Å². The molecule has 1 N–H and O–H groups in total. The minimum absolute atomic E-state index is 0.486. The molecule has 0 aliphatic rings. The van der Waals surface area contributed by atoms with Crippen LogP contribution >= 0.6 is 0 Å². The Balaban J connectivity index is 2.00. The number of hydrogen-bond acceptors (Lipinski definition) is 3. The fourth-order valence-corrected chi connectivity index (χ4v) is 1.91. The van der Waals surface area contributed by atoms with E-state index < -0.39 is 0 Å². The average Bonchev–Trinajstić information content (AvgIpc) is 2.84. The van der Waals surface area contributed by atoms with Crippen LogP contribution in [0.3, 0.4) is 0 Å². The monoisotopic (exact) mass is 247 g/mol. The number of hydrogen-bond donors (Lipinski definition) is 1. The van der Waals surface area contributed by atoms with Gasteiger partial charge in [0.2, 0.25) is 0 Å². The number of furan rings is 1. The molecule has 98 valence electrons. The molecule has 0 spiro atoms. The van der Waals surface area contributed by atoms with E-state index in [2.05, 4.69) is 43.3 Å². The normalized spacial score (nSPS) is 11.4. The molecule has 2 rings (SSSR count). The summed E-state index contributed by atoms with van der Waals surface area (Å²) in [4.78, 5) is 0. The maximum absolute atomic E-state index is 5.56. The quantitative estimate of drug-likeness (QED) is 0.883. The number of nitrogens with zero attached hydrogens (tertiary/aromatic N) is 2. The van der Waals surface area contributed by atoms with Crippen LogP contribution in [0.25, 0.3) is 0 Å². The summed E-state index contributed by atoms with van der Waals surface area (Å²) in [6, 6.07) is 4.65. The van der Waals surface area contributed by atoms with Crippen LogP contribution in [0.15, 0.2) is 22.8 Å². The molecule has 0 aliphatic carbocycles. The predicted octanol–water partition coefficient (Wildman–Crippen LogP) is 2.64. The fraction of sp³-hybridized carbons (Fsp3) is 0.500. The van der Waals surface area contributed by atoms with E-state index in [1.165, 1.54) is 5.56 Å². The van der Waals surface area contributed by atoms with Crippen LogP contribution in [0.5, 0.6) is 0 Å². The maximum atomic E-state index is 5.56. The number of aromatic nitrogens is 2. The molecule has 0 radical (unpaired) electrons. The first-order valence-electron chi connectivity index (χ1n) is 6.35. The minimum Gasteiger partial charge on any atom is -0.467 e. The van der Waals surface area contributed by atoms with Crippen LogP contribution in [0.4, 0.5) is 0 Å². The molecule has 0 amide bonds. The van der Waals surface area contributed by atoms with Gasteiger partial charge in [0.1, 0.15) is 5.76 Å². The van der Waals surface area contributed by atoms with Crippen molar-refractivity contribution in [1.82, 2.24) is 15.1 Å². The SMILES string of the molecule is Cc1cc(C)n(Cc2cc(CNC(C)C)co2)n1. The Labute approximate surface area is 108 Å². The summed E-state index contributed by atoms with van der Waals surface area (Å²) in [6.07, 6.45) is 1.82. The van der Waals surface area contributed by atoms with E-state index in [0.717, 1.165) is 23.7 Å². The molecule has 18 heavy (non-hydrogen) atoms. The van der Waals surface area contributed by atoms with Gasteiger partial charge in [-0.25, -0.2) is 0 Å². The van der Waals surface area contributed by atoms with Gasteiger partial charge in [-0.3, -0.25) is 4.68 Å². The second-order valence-corrected chi connectivity index (χ2v) is 5.04. The van der Waals surface area contributed by atoms with Gasteiger partial charge < -0.3 is 9.73 Å². The van der Waals surface area contributed by atoms with Crippen LogP contribution in [-0.4, -0.2) is 15.8 Å². The molecule has 0 aliphatic heterocycles. The summed E-state index contributed by atoms with van der Waals surface area (Å²) in [5.74, 6) is 0.946. The Bertz CT molecular complexity index is 511. The first-order valence-corrected chi connectivity index (χ1v) is 6.35. The van der Waals surface area contributed by atoms with Crippen molar-refractivity contribution in [2.45, 2.75) is 46.8 Å². The molecule has 0 unspecified atom stereocenters. The number of aryl methyl sites for hydroxylation is 2. The standard InChI is InChI=1S/C14H21N3O/c1-10(2)15-7-13-6-14(18-9-13)8-17-12(4)5-11(3)16-17/h5-6,9-10,15H,7-8H2,1-4H3. The summed E-state index contributed by atoms with van der Waals surface area (Å²) in [5, 5.41) is 7.80. The molecule has 4 heteroatoms. The largest absolute Gasteiger partial charge is 0.467 e. The van der Waals surface area contributed by atoms with Crippen LogP contribution in [-0.2, 0) is 13.1 Å². The van der Waals surface area contributed by atoms with Crippen molar-refractivity contribution >= 4 is 0 Å². The van der Waals surface area contributed by atoms with Gasteiger partial charge in [-0.2, -0.15) is 5.10 Å². The molecule has 2 aromatic heterocycles. The average molecular weight is 247 g/mol. The predicted molar refractivity (Wildman–Crippen MR) is 71.5 cm³/mol. The Hall–Kier alpha value is -1.55. The number of nitrogens with one attached hydrogen (secondary N) is 1. The summed E-state index contributed by atoms with van der Waals surface area (Å²) in [5.41, 5.74) is 3.38. The van der Waals surface area contributed by atoms with Gasteiger partial charge in [0, 0.05) is 23.8 Å². The van der Waals surface area contributed by atoms with Crippen molar-refractivity contribution in [1.29, 1.82) is 0 Å². The molecule has 0 atom stereocenters. The van der Waals surface area contributed by atoms with Crippen molar-refractivity contribution in [3.8, 4) is 0 Å². The second-order valence-electron chi connectivity index (χ2n) is 5.04. The highest BCUT2D eigenvalue weighted by Gasteiger charge is 2.06. The zero-order valence-corrected chi connectivity index (χ0v) is 11.5. The molecule has 0 saturated heterocycles. The van der Waals surface area contributed by atoms with E-state index in [0.29, 0.717) is 12.6 Å². The van der Waals surface area contributed by atoms with Crippen molar-refractivity contribution < 1.29 is 4.42 Å². The van der Waals surface area contributed by atoms with Gasteiger partial charge in [0.25, 0.3) is 0 Å². The van der Waals surface area contributed by atoms with E-state index in [1.807, 2.05) is 17.9 Å². The Morgan fingerprint density at radius 1 is 1.33 bits per heavy atom. The molecule has 0 fully saturated rings. The minimum atomic E-state index is 0.486. The van der Waals surface area contributed by atoms with Crippen LogP contribution in [0.1, 0.15) is 36.6 Å². The molecular weight excluding hydrogens is 226 g/mol. The maximum Gasteiger partial charge on any atom is 0.125 e. The van der Waals surface area contributed by atoms with Gasteiger partial charge >= 0.3 is 0 Å². The lowest BCUT2D eigenvalue weighted by Crippen LogP contribution is -2.21. The van der Waals surface area contributed by atoms with E-state index in [1.54, 1.807) is 0 Å². The summed E-state index contributed by atoms with van der Waals surface area (Å²) < 4.78 is 7.53. The summed E-state index contributed by atoms with van der Waals surface area (Å²) in [6.45, 7) is 9.88. The zero-order chi connectivity index (χ0) is 13.1. The lowest BCUT2D eigenvalue weighted by Gasteiger charge is -2.04. The number of rotatable bonds is 5. The summed E-state index contributed by atoms with van der Waals surface area (Å²) in [7, 11) is 0. The molecule has 4 nitrogen and oxygen atoms in total. The van der Waals surface area contributed by atoms with Crippen molar-refractivity contribution in [2.75, 3.05) is 0 Å². The molecule has 0 bridgehead atoms. The van der Waals surface area contributed by atoms with Gasteiger partial charge in [0.05, 0.1) is 18.5 Å². The smallest absolute Gasteiger partial charge is 0.125 e. The van der Waals surface area contributed by atoms with Gasteiger partial charge in [-0.1, -0.05) is 13.8 Å². The van der Waals surface area contributed by atoms with Crippen LogP contribution in [0, 0.1) is 13.8 Å². The van der Waals surface area contributed by atoms with E-state index >= 15 is 0 Å². The van der Waals surface area contributed by atoms with Crippen LogP contribution < -0.4 is 5.32 Å². The van der Waals surface area contributed by atoms with Crippen molar-refractivity contribution in [3.63, 3.8) is 0 Å². The lowest BCUT2D eigenvalue weighted by molar-refractivity contribution is 0.473. The van der Waals surface area contributed by atoms with Gasteiger partial charge in [0.15, 0.2) is 0 Å². The lowest BCUT2D eigenvalue weighted by atomic mass is 10.3. The topological polar surface area (TPSA) is 43.0 Å². The third-order valence-corrected chi connectivity index (χ3v) is 2.83. The molecule has 2 heterocycles. The van der Waals surface area contributed by atoms with Gasteiger partial charge in [-0.05, 0) is 26.0 Å². The fourth-order valence-electron chi connectivity index (χ4n) is 1.91. The summed E-state index contributed by atoms with van der Waals surface area (Å²) >= 11 is 0. The second kappa shape index (κ2) is 5.40. The van der Waals surface area contributed by atoms with E-state index in [-0.39, 0.29) is 0 Å². The van der Waals surface area contributed by atoms with E-state index in [4.69, 9.17) is 4.42 Å². The highest BCUT2D eigenvalue weighted by Crippen LogP contribution is 2.11. The van der Waals surface area contributed by atoms with E-state index in [9.17, 15) is 0 Å². The first-order chi connectivity index (χ1) is 8.54. The Kier molecular flexibility index (Phi) is 3.87. The molecular formula is C14H21N3O. The highest BCUT2D eigenvalue weighted by molar-refractivity contribution is 5.14. The molecule has 0 saturated carbocycles. The Morgan fingerprint density at radius 2 is 2.11 bits per heavy atom. The Morgan fingerprint density at radius 3 is 2.72 bits per heavy atom. The first kappa shape index (κ1) is 12.9. The third-order valence-electron chi connectivity index (χ3n) is 2.83.